The summed E-state index contributed by atoms with van der Waals surface area (Å²) in [6.07, 6.45) is 3.24. The average Bonchev–Trinajstić information content (AvgIpc) is 3.19. The molecule has 27 heavy (non-hydrogen) atoms. The third kappa shape index (κ3) is 3.02. The average molecular weight is 369 g/mol. The Morgan fingerprint density at radius 1 is 1.26 bits per heavy atom. The highest BCUT2D eigenvalue weighted by molar-refractivity contribution is 6.01. The Kier molecular flexibility index (Phi) is 4.46. The number of aryl methyl sites for hydroxylation is 1. The van der Waals surface area contributed by atoms with Gasteiger partial charge in [0.2, 0.25) is 0 Å². The topological polar surface area (TPSA) is 76.6 Å². The van der Waals surface area contributed by atoms with Crippen LogP contribution in [0.3, 0.4) is 0 Å². The molecule has 0 radical (unpaired) electrons. The Morgan fingerprint density at radius 3 is 2.59 bits per heavy atom. The number of aromatic amines is 1. The number of carbonyl (C=O) groups excluding carboxylic acids is 1. The van der Waals surface area contributed by atoms with E-state index >= 15 is 0 Å². The van der Waals surface area contributed by atoms with Gasteiger partial charge in [-0.2, -0.15) is 0 Å². The number of fused-ring (bicyclic) bond motifs is 1. The SMILES string of the molecule is CCc1c(C(=O)N2CCC3(CC2)C[C@@H](C(=O)O)N(C)C3)[nH]c2ccccc12. The van der Waals surface area contributed by atoms with E-state index in [9.17, 15) is 14.7 Å². The predicted octanol–water partition coefficient (Wildman–Crippen LogP) is 2.74. The number of hydrogen-bond acceptors (Lipinski definition) is 3. The number of likely N-dealkylation sites (N-methyl/N-ethyl adjacent to an activating group) is 1. The van der Waals surface area contributed by atoms with Gasteiger partial charge in [-0.1, -0.05) is 25.1 Å². The number of benzene rings is 1. The molecule has 1 amide bonds. The molecule has 1 atom stereocenters. The third-order valence-corrected chi connectivity index (χ3v) is 6.52. The van der Waals surface area contributed by atoms with E-state index in [-0.39, 0.29) is 11.3 Å². The van der Waals surface area contributed by atoms with Crippen molar-refractivity contribution in [3.8, 4) is 0 Å². The van der Waals surface area contributed by atoms with E-state index < -0.39 is 12.0 Å². The van der Waals surface area contributed by atoms with Crippen LogP contribution in [0.1, 0.15) is 42.2 Å². The first-order chi connectivity index (χ1) is 12.9. The van der Waals surface area contributed by atoms with E-state index in [1.54, 1.807) is 0 Å². The highest BCUT2D eigenvalue weighted by Crippen LogP contribution is 2.43. The summed E-state index contributed by atoms with van der Waals surface area (Å²) in [5.41, 5.74) is 2.83. The fourth-order valence-electron chi connectivity index (χ4n) is 5.00. The zero-order valence-electron chi connectivity index (χ0n) is 16.0. The number of likely N-dealkylation sites (tertiary alicyclic amines) is 2. The van der Waals surface area contributed by atoms with Crippen LogP contribution in [0.25, 0.3) is 10.9 Å². The number of hydrogen-bond donors (Lipinski definition) is 2. The highest BCUT2D eigenvalue weighted by Gasteiger charge is 2.47. The van der Waals surface area contributed by atoms with Gasteiger partial charge in [0.1, 0.15) is 11.7 Å². The van der Waals surface area contributed by atoms with Gasteiger partial charge in [-0.05, 0) is 49.8 Å². The van der Waals surface area contributed by atoms with E-state index in [1.807, 2.05) is 35.0 Å². The van der Waals surface area contributed by atoms with Crippen molar-refractivity contribution in [3.63, 3.8) is 0 Å². The van der Waals surface area contributed by atoms with E-state index in [2.05, 4.69) is 18.0 Å². The maximum Gasteiger partial charge on any atom is 0.320 e. The Labute approximate surface area is 159 Å². The molecule has 2 aliphatic rings. The van der Waals surface area contributed by atoms with Crippen LogP contribution < -0.4 is 0 Å². The molecule has 0 bridgehead atoms. The molecule has 6 nitrogen and oxygen atoms in total. The fraction of sp³-hybridized carbons (Fsp3) is 0.524. The standard InChI is InChI=1S/C21H27N3O3/c1-3-14-15-6-4-5-7-16(15)22-18(14)19(25)24-10-8-21(9-11-24)12-17(20(26)27)23(2)13-21/h4-7,17,22H,3,8-13H2,1-2H3,(H,26,27)/t17-/m0/s1. The minimum atomic E-state index is -0.737. The van der Waals surface area contributed by atoms with Gasteiger partial charge in [-0.3, -0.25) is 14.5 Å². The fourth-order valence-corrected chi connectivity index (χ4v) is 5.00. The number of carbonyl (C=O) groups is 2. The Morgan fingerprint density at radius 2 is 1.96 bits per heavy atom. The van der Waals surface area contributed by atoms with Crippen LogP contribution in [0.2, 0.25) is 0 Å². The summed E-state index contributed by atoms with van der Waals surface area (Å²) in [5.74, 6) is -0.669. The van der Waals surface area contributed by atoms with E-state index in [0.29, 0.717) is 25.2 Å². The highest BCUT2D eigenvalue weighted by atomic mass is 16.4. The first kappa shape index (κ1) is 18.0. The predicted molar refractivity (Wildman–Crippen MR) is 104 cm³/mol. The molecule has 0 unspecified atom stereocenters. The number of rotatable bonds is 3. The second-order valence-electron chi connectivity index (χ2n) is 8.14. The summed E-state index contributed by atoms with van der Waals surface area (Å²) in [6, 6.07) is 7.66. The molecule has 2 N–H and O–H groups in total. The van der Waals surface area contributed by atoms with Crippen LogP contribution in [0.4, 0.5) is 0 Å². The van der Waals surface area contributed by atoms with Crippen LogP contribution >= 0.6 is 0 Å². The molecule has 1 aromatic heterocycles. The lowest BCUT2D eigenvalue weighted by Gasteiger charge is -2.39. The summed E-state index contributed by atoms with van der Waals surface area (Å²) < 4.78 is 0. The molecule has 0 saturated carbocycles. The number of para-hydroxylation sites is 1. The molecule has 4 rings (SSSR count). The molecule has 1 spiro atoms. The number of nitrogens with zero attached hydrogens (tertiary/aromatic N) is 2. The second-order valence-corrected chi connectivity index (χ2v) is 8.14. The second kappa shape index (κ2) is 6.68. The number of carboxylic acids is 1. The Hall–Kier alpha value is -2.34. The van der Waals surface area contributed by atoms with Crippen LogP contribution in [0.15, 0.2) is 24.3 Å². The first-order valence-corrected chi connectivity index (χ1v) is 9.76. The minimum Gasteiger partial charge on any atom is -0.480 e. The normalized spacial score (nSPS) is 22.6. The van der Waals surface area contributed by atoms with Crippen LogP contribution in [-0.2, 0) is 11.2 Å². The molecule has 2 aliphatic heterocycles. The van der Waals surface area contributed by atoms with Gasteiger partial charge < -0.3 is 15.0 Å². The van der Waals surface area contributed by atoms with Crippen LogP contribution in [-0.4, -0.2) is 64.5 Å². The van der Waals surface area contributed by atoms with Gasteiger partial charge >= 0.3 is 5.97 Å². The van der Waals surface area contributed by atoms with Crippen molar-refractivity contribution >= 4 is 22.8 Å². The quantitative estimate of drug-likeness (QED) is 0.872. The number of amides is 1. The van der Waals surface area contributed by atoms with Crippen molar-refractivity contribution in [1.29, 1.82) is 0 Å². The summed E-state index contributed by atoms with van der Waals surface area (Å²) >= 11 is 0. The molecule has 1 aromatic carbocycles. The van der Waals surface area contributed by atoms with E-state index in [0.717, 1.165) is 42.3 Å². The molecule has 0 aliphatic carbocycles. The number of H-pyrrole nitrogens is 1. The monoisotopic (exact) mass is 369 g/mol. The van der Waals surface area contributed by atoms with Gasteiger partial charge in [-0.25, -0.2) is 0 Å². The third-order valence-electron chi connectivity index (χ3n) is 6.52. The van der Waals surface area contributed by atoms with Gasteiger partial charge in [0.05, 0.1) is 0 Å². The maximum atomic E-state index is 13.2. The summed E-state index contributed by atoms with van der Waals surface area (Å²) in [5, 5.41) is 10.5. The first-order valence-electron chi connectivity index (χ1n) is 9.76. The number of aromatic nitrogens is 1. The van der Waals surface area contributed by atoms with Crippen molar-refractivity contribution in [2.45, 2.75) is 38.6 Å². The lowest BCUT2D eigenvalue weighted by molar-refractivity contribution is -0.141. The number of carboxylic acid groups (broad SMARTS) is 1. The molecule has 3 heterocycles. The Bertz CT molecular complexity index is 880. The largest absolute Gasteiger partial charge is 0.480 e. The molecule has 2 saturated heterocycles. The minimum absolute atomic E-state index is 0.0304. The summed E-state index contributed by atoms with van der Waals surface area (Å²) in [7, 11) is 1.89. The van der Waals surface area contributed by atoms with Gasteiger partial charge in [-0.15, -0.1) is 0 Å². The van der Waals surface area contributed by atoms with Gasteiger partial charge in [0.25, 0.3) is 5.91 Å². The molecule has 2 fully saturated rings. The van der Waals surface area contributed by atoms with Crippen molar-refractivity contribution in [3.05, 3.63) is 35.5 Å². The van der Waals surface area contributed by atoms with Gasteiger partial charge in [0.15, 0.2) is 0 Å². The molecule has 2 aromatic rings. The number of piperidine rings is 1. The van der Waals surface area contributed by atoms with Crippen molar-refractivity contribution in [2.75, 3.05) is 26.7 Å². The zero-order valence-corrected chi connectivity index (χ0v) is 16.0. The van der Waals surface area contributed by atoms with E-state index in [4.69, 9.17) is 0 Å². The zero-order chi connectivity index (χ0) is 19.2. The van der Waals surface area contributed by atoms with Crippen molar-refractivity contribution < 1.29 is 14.7 Å². The lowest BCUT2D eigenvalue weighted by atomic mass is 9.76. The maximum absolute atomic E-state index is 13.2. The molecular formula is C21H27N3O3. The lowest BCUT2D eigenvalue weighted by Crippen LogP contribution is -2.44. The molecule has 6 heteroatoms. The van der Waals surface area contributed by atoms with E-state index in [1.165, 1.54) is 0 Å². The van der Waals surface area contributed by atoms with Crippen LogP contribution in [0, 0.1) is 5.41 Å². The van der Waals surface area contributed by atoms with Crippen LogP contribution in [0.5, 0.6) is 0 Å². The van der Waals surface area contributed by atoms with Crippen molar-refractivity contribution in [2.24, 2.45) is 5.41 Å². The molecule has 144 valence electrons. The molecular weight excluding hydrogens is 342 g/mol. The van der Waals surface area contributed by atoms with Gasteiger partial charge in [0, 0.05) is 30.5 Å². The summed E-state index contributed by atoms with van der Waals surface area (Å²) in [4.78, 5) is 31.8. The smallest absolute Gasteiger partial charge is 0.320 e. The number of nitrogens with one attached hydrogen (secondary N) is 1. The summed E-state index contributed by atoms with van der Waals surface area (Å²) in [6.45, 7) is 4.27. The Balaban J connectivity index is 1.51. The number of aliphatic carboxylic acids is 1. The van der Waals surface area contributed by atoms with Crippen molar-refractivity contribution in [1.82, 2.24) is 14.8 Å².